The molecular formula is C16H31N3O2. The van der Waals surface area contributed by atoms with Crippen LogP contribution in [0.3, 0.4) is 0 Å². The summed E-state index contributed by atoms with van der Waals surface area (Å²) in [6.45, 7) is 7.40. The van der Waals surface area contributed by atoms with Gasteiger partial charge in [0, 0.05) is 18.6 Å². The van der Waals surface area contributed by atoms with Gasteiger partial charge in [0.2, 0.25) is 0 Å². The van der Waals surface area contributed by atoms with Gasteiger partial charge in [0.25, 0.3) is 0 Å². The van der Waals surface area contributed by atoms with E-state index in [0.29, 0.717) is 12.5 Å². The molecule has 122 valence electrons. The Kier molecular flexibility index (Phi) is 5.28. The number of piperidine rings is 2. The van der Waals surface area contributed by atoms with Crippen LogP contribution in [0.2, 0.25) is 0 Å². The van der Waals surface area contributed by atoms with Crippen molar-refractivity contribution in [1.29, 1.82) is 0 Å². The van der Waals surface area contributed by atoms with Gasteiger partial charge in [-0.05, 0) is 72.6 Å². The number of hydrogen-bond acceptors (Lipinski definition) is 4. The lowest BCUT2D eigenvalue weighted by Crippen LogP contribution is -2.57. The molecule has 2 rings (SSSR count). The average molecular weight is 297 g/mol. The van der Waals surface area contributed by atoms with Crippen molar-refractivity contribution in [3.63, 3.8) is 0 Å². The van der Waals surface area contributed by atoms with Crippen LogP contribution in [-0.2, 0) is 4.79 Å². The highest BCUT2D eigenvalue weighted by molar-refractivity contribution is 5.78. The zero-order valence-corrected chi connectivity index (χ0v) is 13.9. The lowest BCUT2D eigenvalue weighted by Gasteiger charge is -2.48. The molecule has 2 N–H and O–H groups in total. The first-order valence-electron chi connectivity index (χ1n) is 8.24. The second kappa shape index (κ2) is 6.63. The third-order valence-corrected chi connectivity index (χ3v) is 5.73. The number of likely N-dealkylation sites (tertiary alicyclic amines) is 2. The van der Waals surface area contributed by atoms with E-state index in [1.54, 1.807) is 14.0 Å². The first kappa shape index (κ1) is 16.7. The molecule has 2 fully saturated rings. The Bertz CT molecular complexity index is 377. The van der Waals surface area contributed by atoms with Crippen LogP contribution in [0.15, 0.2) is 0 Å². The fourth-order valence-corrected chi connectivity index (χ4v) is 4.10. The molecule has 0 radical (unpaired) electrons. The highest BCUT2D eigenvalue weighted by atomic mass is 16.4. The van der Waals surface area contributed by atoms with Gasteiger partial charge < -0.3 is 20.2 Å². The Morgan fingerprint density at radius 3 is 2.76 bits per heavy atom. The van der Waals surface area contributed by atoms with Gasteiger partial charge >= 0.3 is 5.97 Å². The second-order valence-electron chi connectivity index (χ2n) is 7.17. The summed E-state index contributed by atoms with van der Waals surface area (Å²) >= 11 is 0. The van der Waals surface area contributed by atoms with Crippen LogP contribution in [0.1, 0.15) is 39.5 Å². The minimum atomic E-state index is -0.834. The highest BCUT2D eigenvalue weighted by Crippen LogP contribution is 2.31. The quantitative estimate of drug-likeness (QED) is 0.800. The van der Waals surface area contributed by atoms with Gasteiger partial charge in [-0.15, -0.1) is 0 Å². The largest absolute Gasteiger partial charge is 0.480 e. The number of hydrogen-bond donors (Lipinski definition) is 2. The molecule has 0 saturated carbocycles. The first-order valence-corrected chi connectivity index (χ1v) is 8.24. The van der Waals surface area contributed by atoms with Crippen LogP contribution in [0.4, 0.5) is 0 Å². The molecule has 0 aromatic rings. The van der Waals surface area contributed by atoms with E-state index < -0.39 is 11.5 Å². The van der Waals surface area contributed by atoms with Gasteiger partial charge in [-0.1, -0.05) is 0 Å². The van der Waals surface area contributed by atoms with Crippen molar-refractivity contribution in [2.45, 2.75) is 57.2 Å². The van der Waals surface area contributed by atoms with Gasteiger partial charge in [-0.25, -0.2) is 0 Å². The van der Waals surface area contributed by atoms with E-state index in [4.69, 9.17) is 0 Å². The molecular weight excluding hydrogens is 266 g/mol. The normalized spacial score (nSPS) is 32.2. The Morgan fingerprint density at radius 1 is 1.43 bits per heavy atom. The van der Waals surface area contributed by atoms with Crippen LogP contribution in [-0.4, -0.2) is 72.2 Å². The van der Waals surface area contributed by atoms with E-state index in [-0.39, 0.29) is 0 Å². The molecule has 2 aliphatic heterocycles. The Morgan fingerprint density at radius 2 is 2.14 bits per heavy atom. The highest BCUT2D eigenvalue weighted by Gasteiger charge is 2.39. The molecule has 4 unspecified atom stereocenters. The zero-order chi connectivity index (χ0) is 15.6. The predicted octanol–water partition coefficient (Wildman–Crippen LogP) is 1.24. The van der Waals surface area contributed by atoms with Crippen LogP contribution < -0.4 is 5.32 Å². The lowest BCUT2D eigenvalue weighted by molar-refractivity contribution is -0.145. The Balaban J connectivity index is 1.95. The van der Waals surface area contributed by atoms with Crippen molar-refractivity contribution in [1.82, 2.24) is 15.1 Å². The van der Waals surface area contributed by atoms with Crippen molar-refractivity contribution in [2.24, 2.45) is 5.92 Å². The lowest BCUT2D eigenvalue weighted by atomic mass is 9.83. The van der Waals surface area contributed by atoms with Crippen LogP contribution in [0.5, 0.6) is 0 Å². The van der Waals surface area contributed by atoms with E-state index >= 15 is 0 Å². The van der Waals surface area contributed by atoms with Gasteiger partial charge in [-0.3, -0.25) is 4.79 Å². The van der Waals surface area contributed by atoms with E-state index in [1.165, 1.54) is 25.8 Å². The van der Waals surface area contributed by atoms with Gasteiger partial charge in [0.1, 0.15) is 5.54 Å². The molecule has 0 spiro atoms. The number of rotatable bonds is 5. The second-order valence-corrected chi connectivity index (χ2v) is 7.17. The zero-order valence-electron chi connectivity index (χ0n) is 13.9. The van der Waals surface area contributed by atoms with Gasteiger partial charge in [0.15, 0.2) is 0 Å². The van der Waals surface area contributed by atoms with Gasteiger partial charge in [-0.2, -0.15) is 0 Å². The maximum absolute atomic E-state index is 11.5. The molecule has 21 heavy (non-hydrogen) atoms. The van der Waals surface area contributed by atoms with Crippen molar-refractivity contribution in [3.8, 4) is 0 Å². The molecule has 0 bridgehead atoms. The minimum Gasteiger partial charge on any atom is -0.480 e. The number of likely N-dealkylation sites (N-methyl/N-ethyl adjacent to an activating group) is 1. The van der Waals surface area contributed by atoms with Crippen LogP contribution in [0, 0.1) is 5.92 Å². The number of fused-ring (bicyclic) bond motifs is 1. The molecule has 4 atom stereocenters. The maximum atomic E-state index is 11.5. The maximum Gasteiger partial charge on any atom is 0.323 e. The fraction of sp³-hybridized carbons (Fsp3) is 0.938. The Labute approximate surface area is 128 Å². The molecule has 0 aromatic carbocycles. The summed E-state index contributed by atoms with van der Waals surface area (Å²) < 4.78 is 0. The number of carboxylic acids is 1. The van der Waals surface area contributed by atoms with E-state index in [1.807, 2.05) is 0 Å². The molecule has 0 amide bonds. The number of carbonyl (C=O) groups is 1. The predicted molar refractivity (Wildman–Crippen MR) is 84.5 cm³/mol. The first-order chi connectivity index (χ1) is 9.87. The summed E-state index contributed by atoms with van der Waals surface area (Å²) in [6.07, 6.45) is 4.48. The monoisotopic (exact) mass is 297 g/mol. The molecule has 2 heterocycles. The van der Waals surface area contributed by atoms with Crippen molar-refractivity contribution in [3.05, 3.63) is 0 Å². The summed E-state index contributed by atoms with van der Waals surface area (Å²) in [7, 11) is 3.99. The molecule has 5 nitrogen and oxygen atoms in total. The summed E-state index contributed by atoms with van der Waals surface area (Å²) in [5.74, 6) is -0.00486. The van der Waals surface area contributed by atoms with Crippen molar-refractivity contribution >= 4 is 5.97 Å². The van der Waals surface area contributed by atoms with Crippen LogP contribution in [0.25, 0.3) is 0 Å². The molecule has 0 aliphatic carbocycles. The van der Waals surface area contributed by atoms with E-state index in [0.717, 1.165) is 25.0 Å². The SMILES string of the molecule is CNC(C)(CC(C)N1CCC2C(CCCN2C)C1)C(=O)O. The topological polar surface area (TPSA) is 55.8 Å². The summed E-state index contributed by atoms with van der Waals surface area (Å²) in [6, 6.07) is 1.03. The summed E-state index contributed by atoms with van der Waals surface area (Å²) in [5, 5.41) is 12.4. The molecule has 0 aromatic heterocycles. The van der Waals surface area contributed by atoms with Gasteiger partial charge in [0.05, 0.1) is 0 Å². The Hall–Kier alpha value is -0.650. The van der Waals surface area contributed by atoms with Crippen LogP contribution >= 0.6 is 0 Å². The van der Waals surface area contributed by atoms with Crippen molar-refractivity contribution in [2.75, 3.05) is 33.7 Å². The van der Waals surface area contributed by atoms with E-state index in [9.17, 15) is 9.90 Å². The smallest absolute Gasteiger partial charge is 0.323 e. The molecule has 5 heteroatoms. The standard InChI is InChI=1S/C16H31N3O2/c1-12(10-16(2,17-3)15(20)21)19-9-7-14-13(11-19)6-5-8-18(14)4/h12-14,17H,5-11H2,1-4H3,(H,20,21). The number of nitrogens with zero attached hydrogens (tertiary/aromatic N) is 2. The molecule has 2 saturated heterocycles. The third kappa shape index (κ3) is 3.58. The summed E-state index contributed by atoms with van der Waals surface area (Å²) in [5.41, 5.74) is -0.834. The van der Waals surface area contributed by atoms with Crippen molar-refractivity contribution < 1.29 is 9.90 Å². The number of aliphatic carboxylic acids is 1. The van der Waals surface area contributed by atoms with E-state index in [2.05, 4.69) is 29.1 Å². The fourth-order valence-electron chi connectivity index (χ4n) is 4.10. The third-order valence-electron chi connectivity index (χ3n) is 5.73. The summed E-state index contributed by atoms with van der Waals surface area (Å²) in [4.78, 5) is 16.5. The minimum absolute atomic E-state index is 0.298. The molecule has 2 aliphatic rings. The number of nitrogens with one attached hydrogen (secondary N) is 1. The number of carboxylic acid groups (broad SMARTS) is 1. The average Bonchev–Trinajstić information content (AvgIpc) is 2.46.